The third-order valence-corrected chi connectivity index (χ3v) is 14.1. The van der Waals surface area contributed by atoms with Crippen LogP contribution in [0.25, 0.3) is 118 Å². The minimum atomic E-state index is 0.874. The lowest BCUT2D eigenvalue weighted by Crippen LogP contribution is -1.96. The molecule has 2 heterocycles. The van der Waals surface area contributed by atoms with Crippen LogP contribution in [0.3, 0.4) is 0 Å². The Morgan fingerprint density at radius 2 is 1.07 bits per heavy atom. The lowest BCUT2D eigenvalue weighted by Gasteiger charge is -2.15. The third-order valence-electron chi connectivity index (χ3n) is 14.1. The maximum atomic E-state index is 2.41. The molecule has 0 aliphatic heterocycles. The molecule has 0 saturated carbocycles. The van der Waals surface area contributed by atoms with E-state index in [9.17, 15) is 0 Å². The van der Waals surface area contributed by atoms with Gasteiger partial charge in [0.15, 0.2) is 0 Å². The van der Waals surface area contributed by atoms with Gasteiger partial charge in [0.2, 0.25) is 0 Å². The molecule has 320 valence electrons. The average molecular weight is 867 g/mol. The van der Waals surface area contributed by atoms with Crippen molar-refractivity contribution in [3.63, 3.8) is 0 Å². The van der Waals surface area contributed by atoms with E-state index < -0.39 is 0 Å². The average Bonchev–Trinajstić information content (AvgIpc) is 3.94. The van der Waals surface area contributed by atoms with Gasteiger partial charge in [-0.25, -0.2) is 0 Å². The zero-order valence-electron chi connectivity index (χ0n) is 37.8. The van der Waals surface area contributed by atoms with E-state index in [0.29, 0.717) is 0 Å². The summed E-state index contributed by atoms with van der Waals surface area (Å²) in [5.74, 6) is 0. The topological polar surface area (TPSA) is 9.86 Å². The number of benzene rings is 10. The highest BCUT2D eigenvalue weighted by molar-refractivity contribution is 6.24. The summed E-state index contributed by atoms with van der Waals surface area (Å²) in [5.41, 5.74) is 19.8. The highest BCUT2D eigenvalue weighted by atomic mass is 15.0. The molecule has 0 fully saturated rings. The Kier molecular flexibility index (Phi) is 9.50. The van der Waals surface area contributed by atoms with Crippen LogP contribution in [-0.2, 0) is 6.42 Å². The van der Waals surface area contributed by atoms with Gasteiger partial charge < -0.3 is 9.13 Å². The normalized spacial score (nSPS) is 12.7. The first kappa shape index (κ1) is 39.6. The molecule has 0 amide bonds. The van der Waals surface area contributed by atoms with Gasteiger partial charge in [0.1, 0.15) is 0 Å². The second-order valence-electron chi connectivity index (χ2n) is 18.0. The van der Waals surface area contributed by atoms with Crippen molar-refractivity contribution in [2.24, 2.45) is 0 Å². The maximum absolute atomic E-state index is 2.41. The second kappa shape index (κ2) is 16.3. The van der Waals surface area contributed by atoms with Crippen LogP contribution in [0.2, 0.25) is 0 Å². The van der Waals surface area contributed by atoms with E-state index in [0.717, 1.165) is 23.4 Å². The summed E-state index contributed by atoms with van der Waals surface area (Å²) in [6, 6.07) is 77.8. The predicted molar refractivity (Wildman–Crippen MR) is 292 cm³/mol. The van der Waals surface area contributed by atoms with Gasteiger partial charge in [-0.05, 0) is 145 Å². The van der Waals surface area contributed by atoms with Crippen LogP contribution in [0, 0.1) is 0 Å². The van der Waals surface area contributed by atoms with Crippen molar-refractivity contribution >= 4 is 84.1 Å². The van der Waals surface area contributed by atoms with Crippen LogP contribution in [0.5, 0.6) is 0 Å². The summed E-state index contributed by atoms with van der Waals surface area (Å²) >= 11 is 0. The highest BCUT2D eigenvalue weighted by Crippen LogP contribution is 2.45. The molecule has 12 aromatic rings. The van der Waals surface area contributed by atoms with Gasteiger partial charge in [-0.15, -0.1) is 0 Å². The summed E-state index contributed by atoms with van der Waals surface area (Å²) in [4.78, 5) is 0. The largest absolute Gasteiger partial charge is 0.317 e. The van der Waals surface area contributed by atoms with Gasteiger partial charge in [-0.1, -0.05) is 194 Å². The van der Waals surface area contributed by atoms with Gasteiger partial charge >= 0.3 is 0 Å². The van der Waals surface area contributed by atoms with Crippen LogP contribution >= 0.6 is 0 Å². The van der Waals surface area contributed by atoms with Crippen molar-refractivity contribution in [2.75, 3.05) is 0 Å². The van der Waals surface area contributed by atoms with E-state index in [1.807, 2.05) is 0 Å². The number of aromatic nitrogens is 2. The SMILES string of the molecule is C/C=C\c1c(/C=C/c2ccc(-c3ccc(-n4ccc5c6c(ccc54)CC(c4ccccc4)=Cc4ccc5ccccc5c4-6)cc3)cc2)ccc2c1c1c3ccccc3ccc1n2-c1ccccc1. The van der Waals surface area contributed by atoms with E-state index in [2.05, 4.69) is 265 Å². The molecule has 0 spiro atoms. The molecule has 0 radical (unpaired) electrons. The molecule has 0 saturated heterocycles. The molecule has 0 atom stereocenters. The Morgan fingerprint density at radius 3 is 1.85 bits per heavy atom. The molecule has 0 N–H and O–H groups in total. The number of nitrogens with zero attached hydrogens (tertiary/aromatic N) is 2. The molecule has 1 aliphatic carbocycles. The number of allylic oxidation sites excluding steroid dienone is 2. The standard InChI is InChI=1S/C66H46N2/c1-2-13-56-50(33-39-61-65(56)66-58-21-12-10-17-49(58)32-38-62(66)68(61)55-18-7-4-8-19-55)27-24-44-22-25-46(26-23-44)47-30-35-54(36-31-47)67-41-40-59-60(67)37-34-52-43-53(45-14-5-3-6-15-45)42-51-29-28-48-16-9-11-20-57(48)63(51)64(52)59/h2-42H,43H2,1H3/b13-2-,27-24+. The fraction of sp³-hybridized carbons (Fsp3) is 0.0303. The van der Waals surface area contributed by atoms with Gasteiger partial charge in [0.05, 0.1) is 16.6 Å². The van der Waals surface area contributed by atoms with Crippen LogP contribution in [0.15, 0.2) is 225 Å². The van der Waals surface area contributed by atoms with Crippen molar-refractivity contribution in [1.82, 2.24) is 9.13 Å². The summed E-state index contributed by atoms with van der Waals surface area (Å²) in [6.07, 6.45) is 14.5. The molecule has 2 nitrogen and oxygen atoms in total. The first-order chi connectivity index (χ1) is 33.7. The molecule has 0 bridgehead atoms. The summed E-state index contributed by atoms with van der Waals surface area (Å²) < 4.78 is 4.76. The molecule has 68 heavy (non-hydrogen) atoms. The zero-order chi connectivity index (χ0) is 45.1. The predicted octanol–water partition coefficient (Wildman–Crippen LogP) is 17.7. The fourth-order valence-corrected chi connectivity index (χ4v) is 10.9. The molecule has 0 unspecified atom stereocenters. The lowest BCUT2D eigenvalue weighted by molar-refractivity contribution is 1.13. The van der Waals surface area contributed by atoms with Crippen molar-refractivity contribution in [3.8, 4) is 33.6 Å². The van der Waals surface area contributed by atoms with E-state index >= 15 is 0 Å². The molecular formula is C66H46N2. The van der Waals surface area contributed by atoms with Crippen molar-refractivity contribution in [1.29, 1.82) is 0 Å². The van der Waals surface area contributed by atoms with E-state index in [1.54, 1.807) is 0 Å². The summed E-state index contributed by atoms with van der Waals surface area (Å²) in [6.45, 7) is 2.11. The van der Waals surface area contributed by atoms with Crippen molar-refractivity contribution in [2.45, 2.75) is 13.3 Å². The number of hydrogen-bond acceptors (Lipinski definition) is 0. The van der Waals surface area contributed by atoms with Gasteiger partial charge in [0.25, 0.3) is 0 Å². The Morgan fingerprint density at radius 1 is 0.426 bits per heavy atom. The van der Waals surface area contributed by atoms with Crippen LogP contribution in [0.4, 0.5) is 0 Å². The molecule has 1 aliphatic rings. The summed E-state index contributed by atoms with van der Waals surface area (Å²) in [5, 5.41) is 8.91. The Bertz CT molecular complexity index is 4010. The van der Waals surface area contributed by atoms with Crippen molar-refractivity contribution in [3.05, 3.63) is 258 Å². The molecular weight excluding hydrogens is 821 g/mol. The molecule has 2 aromatic heterocycles. The Hall–Kier alpha value is -8.72. The number of para-hydroxylation sites is 1. The van der Waals surface area contributed by atoms with E-state index in [-0.39, 0.29) is 0 Å². The van der Waals surface area contributed by atoms with E-state index in [1.165, 1.54) is 110 Å². The van der Waals surface area contributed by atoms with Gasteiger partial charge in [-0.3, -0.25) is 0 Å². The zero-order valence-corrected chi connectivity index (χ0v) is 37.8. The Labute approximate surface area is 396 Å². The van der Waals surface area contributed by atoms with Crippen LogP contribution in [-0.4, -0.2) is 9.13 Å². The molecule has 13 rings (SSSR count). The van der Waals surface area contributed by atoms with Gasteiger partial charge in [0, 0.05) is 33.7 Å². The van der Waals surface area contributed by atoms with Gasteiger partial charge in [-0.2, -0.15) is 0 Å². The monoisotopic (exact) mass is 866 g/mol. The second-order valence-corrected chi connectivity index (χ2v) is 18.0. The Balaban J connectivity index is 0.825. The smallest absolute Gasteiger partial charge is 0.0547 e. The fourth-order valence-electron chi connectivity index (χ4n) is 10.9. The van der Waals surface area contributed by atoms with E-state index in [4.69, 9.17) is 0 Å². The minimum Gasteiger partial charge on any atom is -0.317 e. The quantitative estimate of drug-likeness (QED) is 0.141. The third kappa shape index (κ3) is 6.56. The summed E-state index contributed by atoms with van der Waals surface area (Å²) in [7, 11) is 0. The highest BCUT2D eigenvalue weighted by Gasteiger charge is 2.23. The molecule has 2 heteroatoms. The first-order valence-corrected chi connectivity index (χ1v) is 23.7. The number of fused-ring (bicyclic) bond motifs is 12. The number of rotatable bonds is 7. The minimum absolute atomic E-state index is 0.874. The number of hydrogen-bond donors (Lipinski definition) is 0. The van der Waals surface area contributed by atoms with Crippen molar-refractivity contribution < 1.29 is 0 Å². The lowest BCUT2D eigenvalue weighted by atomic mass is 9.89. The molecule has 10 aromatic carbocycles. The van der Waals surface area contributed by atoms with Crippen LogP contribution < -0.4 is 0 Å². The maximum Gasteiger partial charge on any atom is 0.0547 e. The van der Waals surface area contributed by atoms with Crippen LogP contribution in [0.1, 0.15) is 40.3 Å². The first-order valence-electron chi connectivity index (χ1n) is 23.7.